The molecule has 0 aliphatic rings. The summed E-state index contributed by atoms with van der Waals surface area (Å²) >= 11 is 5.77. The third-order valence-corrected chi connectivity index (χ3v) is 3.98. The Bertz CT molecular complexity index is 368. The number of carbonyl (C=O) groups is 1. The molecule has 0 aromatic heterocycles. The Morgan fingerprint density at radius 3 is 2.88 bits per heavy atom. The molecule has 0 aliphatic carbocycles. The van der Waals surface area contributed by atoms with Crippen molar-refractivity contribution in [2.45, 2.75) is 19.8 Å². The van der Waals surface area contributed by atoms with Crippen LogP contribution in [0.25, 0.3) is 0 Å². The Hall–Kier alpha value is -0.100. The van der Waals surface area contributed by atoms with Crippen molar-refractivity contribution in [3.05, 3.63) is 33.8 Å². The van der Waals surface area contributed by atoms with Crippen molar-refractivity contribution in [3.8, 4) is 0 Å². The lowest BCUT2D eigenvalue weighted by Crippen LogP contribution is -2.25. The van der Waals surface area contributed by atoms with E-state index < -0.39 is 0 Å². The van der Waals surface area contributed by atoms with Gasteiger partial charge >= 0.3 is 0 Å². The molecule has 0 atom stereocenters. The zero-order valence-electron chi connectivity index (χ0n) is 9.22. The fraction of sp³-hybridized carbons (Fsp3) is 0.417. The van der Waals surface area contributed by atoms with Gasteiger partial charge in [-0.15, -0.1) is 0 Å². The van der Waals surface area contributed by atoms with E-state index in [9.17, 15) is 4.79 Å². The number of alkyl halides is 1. The Morgan fingerprint density at radius 2 is 2.19 bits per heavy atom. The molecule has 0 bridgehead atoms. The van der Waals surface area contributed by atoms with Crippen LogP contribution in [0.1, 0.15) is 28.8 Å². The van der Waals surface area contributed by atoms with Gasteiger partial charge in [0.05, 0.1) is 0 Å². The number of amides is 1. The predicted molar refractivity (Wildman–Crippen MR) is 79.3 cm³/mol. The molecule has 88 valence electrons. The number of unbranched alkanes of at least 4 members (excludes halogenated alkanes) is 1. The predicted octanol–water partition coefficient (Wildman–Crippen LogP) is 3.70. The average molecular weight is 396 g/mol. The number of benzene rings is 1. The number of nitrogens with one attached hydrogen (secondary N) is 1. The highest BCUT2D eigenvalue weighted by Gasteiger charge is 2.09. The van der Waals surface area contributed by atoms with Crippen molar-refractivity contribution in [1.29, 1.82) is 0 Å². The molecule has 0 heterocycles. The van der Waals surface area contributed by atoms with Crippen molar-refractivity contribution in [2.24, 2.45) is 0 Å². The van der Waals surface area contributed by atoms with Crippen molar-refractivity contribution >= 4 is 44.4 Å². The lowest BCUT2D eigenvalue weighted by molar-refractivity contribution is 0.0952. The van der Waals surface area contributed by atoms with Gasteiger partial charge < -0.3 is 5.32 Å². The largest absolute Gasteiger partial charge is 0.352 e. The number of hydrogen-bond acceptors (Lipinski definition) is 1. The smallest absolute Gasteiger partial charge is 0.251 e. The number of halogens is 2. The minimum atomic E-state index is 0.0206. The summed E-state index contributed by atoms with van der Waals surface area (Å²) < 4.78 is 2.12. The van der Waals surface area contributed by atoms with E-state index in [4.69, 9.17) is 0 Å². The fourth-order valence-electron chi connectivity index (χ4n) is 1.37. The summed E-state index contributed by atoms with van der Waals surface area (Å²) in [4.78, 5) is 11.8. The van der Waals surface area contributed by atoms with Crippen LogP contribution in [0.2, 0.25) is 0 Å². The monoisotopic (exact) mass is 395 g/mol. The van der Waals surface area contributed by atoms with Gasteiger partial charge in [-0.2, -0.15) is 0 Å². The quantitative estimate of drug-likeness (QED) is 0.459. The van der Waals surface area contributed by atoms with Crippen LogP contribution >= 0.6 is 38.5 Å². The molecule has 1 aromatic rings. The third-order valence-electron chi connectivity index (χ3n) is 2.36. The van der Waals surface area contributed by atoms with Gasteiger partial charge in [0.2, 0.25) is 0 Å². The van der Waals surface area contributed by atoms with Gasteiger partial charge in [-0.05, 0) is 41.9 Å². The molecule has 0 spiro atoms. The molecular formula is C12H15BrINO. The summed E-state index contributed by atoms with van der Waals surface area (Å²) in [6.07, 6.45) is 2.19. The SMILES string of the molecule is Cc1c(Br)cccc1C(=O)NCCCCI. The fourth-order valence-corrected chi connectivity index (χ4v) is 2.28. The summed E-state index contributed by atoms with van der Waals surface area (Å²) in [6, 6.07) is 5.69. The van der Waals surface area contributed by atoms with Crippen molar-refractivity contribution in [3.63, 3.8) is 0 Å². The van der Waals surface area contributed by atoms with Gasteiger partial charge in [0.1, 0.15) is 0 Å². The molecule has 1 aromatic carbocycles. The molecule has 0 aliphatic heterocycles. The van der Waals surface area contributed by atoms with Crippen LogP contribution in [0.15, 0.2) is 22.7 Å². The van der Waals surface area contributed by atoms with E-state index in [1.807, 2.05) is 25.1 Å². The zero-order chi connectivity index (χ0) is 12.0. The summed E-state index contributed by atoms with van der Waals surface area (Å²) in [5, 5.41) is 2.94. The van der Waals surface area contributed by atoms with Crippen LogP contribution in [0.4, 0.5) is 0 Å². The number of hydrogen-bond donors (Lipinski definition) is 1. The van der Waals surface area contributed by atoms with E-state index in [1.54, 1.807) is 0 Å². The second-order valence-electron chi connectivity index (χ2n) is 3.56. The summed E-state index contributed by atoms with van der Waals surface area (Å²) in [6.45, 7) is 2.71. The lowest BCUT2D eigenvalue weighted by Gasteiger charge is -2.08. The maximum atomic E-state index is 11.8. The highest BCUT2D eigenvalue weighted by Crippen LogP contribution is 2.19. The minimum Gasteiger partial charge on any atom is -0.352 e. The van der Waals surface area contributed by atoms with Crippen LogP contribution < -0.4 is 5.32 Å². The van der Waals surface area contributed by atoms with Gasteiger partial charge in [-0.3, -0.25) is 4.79 Å². The molecule has 0 saturated heterocycles. The number of carbonyl (C=O) groups excluding carboxylic acids is 1. The van der Waals surface area contributed by atoms with Crippen LogP contribution in [0.5, 0.6) is 0 Å². The van der Waals surface area contributed by atoms with E-state index in [0.29, 0.717) is 0 Å². The Kier molecular flexibility index (Phi) is 6.34. The molecule has 0 radical (unpaired) electrons. The maximum Gasteiger partial charge on any atom is 0.251 e. The molecular weight excluding hydrogens is 381 g/mol. The topological polar surface area (TPSA) is 29.1 Å². The molecule has 0 saturated carbocycles. The van der Waals surface area contributed by atoms with Crippen LogP contribution in [0, 0.1) is 6.92 Å². The van der Waals surface area contributed by atoms with E-state index in [-0.39, 0.29) is 5.91 Å². The molecule has 0 fully saturated rings. The first kappa shape index (κ1) is 14.0. The average Bonchev–Trinajstić information content (AvgIpc) is 2.28. The van der Waals surface area contributed by atoms with Gasteiger partial charge in [-0.1, -0.05) is 44.6 Å². The van der Waals surface area contributed by atoms with Crippen LogP contribution in [-0.2, 0) is 0 Å². The molecule has 1 N–H and O–H groups in total. The van der Waals surface area contributed by atoms with Crippen LogP contribution in [0.3, 0.4) is 0 Å². The Morgan fingerprint density at radius 1 is 1.44 bits per heavy atom. The molecule has 2 nitrogen and oxygen atoms in total. The van der Waals surface area contributed by atoms with Crippen molar-refractivity contribution in [2.75, 3.05) is 11.0 Å². The summed E-state index contributed by atoms with van der Waals surface area (Å²) in [5.41, 5.74) is 1.75. The minimum absolute atomic E-state index is 0.0206. The van der Waals surface area contributed by atoms with Gasteiger partial charge in [0.15, 0.2) is 0 Å². The van der Waals surface area contributed by atoms with E-state index >= 15 is 0 Å². The first-order chi connectivity index (χ1) is 7.66. The number of rotatable bonds is 5. The zero-order valence-corrected chi connectivity index (χ0v) is 13.0. The van der Waals surface area contributed by atoms with E-state index in [1.165, 1.54) is 0 Å². The highest BCUT2D eigenvalue weighted by molar-refractivity contribution is 14.1. The van der Waals surface area contributed by atoms with E-state index in [0.717, 1.165) is 39.4 Å². The standard InChI is InChI=1S/C12H15BrINO/c1-9-10(5-4-6-11(9)13)12(16)15-8-3-2-7-14/h4-6H,2-3,7-8H2,1H3,(H,15,16). The van der Waals surface area contributed by atoms with Gasteiger partial charge in [0, 0.05) is 16.6 Å². The molecule has 4 heteroatoms. The molecule has 1 rings (SSSR count). The van der Waals surface area contributed by atoms with Crippen LogP contribution in [-0.4, -0.2) is 16.9 Å². The van der Waals surface area contributed by atoms with E-state index in [2.05, 4.69) is 43.8 Å². The molecule has 1 amide bonds. The van der Waals surface area contributed by atoms with Gasteiger partial charge in [-0.25, -0.2) is 0 Å². The van der Waals surface area contributed by atoms with Crippen molar-refractivity contribution < 1.29 is 4.79 Å². The summed E-state index contributed by atoms with van der Waals surface area (Å²) in [7, 11) is 0. The molecule has 16 heavy (non-hydrogen) atoms. The molecule has 0 unspecified atom stereocenters. The lowest BCUT2D eigenvalue weighted by atomic mass is 10.1. The first-order valence-electron chi connectivity index (χ1n) is 5.26. The second-order valence-corrected chi connectivity index (χ2v) is 5.50. The van der Waals surface area contributed by atoms with Crippen molar-refractivity contribution in [1.82, 2.24) is 5.32 Å². The summed E-state index contributed by atoms with van der Waals surface area (Å²) in [5.74, 6) is 0.0206. The van der Waals surface area contributed by atoms with Gasteiger partial charge in [0.25, 0.3) is 5.91 Å². The Balaban J connectivity index is 2.56. The Labute approximate surface area is 118 Å². The normalized spacial score (nSPS) is 10.2. The second kappa shape index (κ2) is 7.27. The highest BCUT2D eigenvalue weighted by atomic mass is 127. The first-order valence-corrected chi connectivity index (χ1v) is 7.58. The third kappa shape index (κ3) is 4.05. The maximum absolute atomic E-state index is 11.8.